The van der Waals surface area contributed by atoms with Crippen LogP contribution in [0.5, 0.6) is 0 Å². The quantitative estimate of drug-likeness (QED) is 0.838. The molecule has 116 valence electrons. The normalized spacial score (nSPS) is 19.3. The first-order valence-electron chi connectivity index (χ1n) is 7.24. The highest BCUT2D eigenvalue weighted by molar-refractivity contribution is 7.89. The van der Waals surface area contributed by atoms with Gasteiger partial charge in [-0.15, -0.1) is 0 Å². The third-order valence-corrected chi connectivity index (χ3v) is 5.31. The van der Waals surface area contributed by atoms with Gasteiger partial charge >= 0.3 is 0 Å². The van der Waals surface area contributed by atoms with Crippen LogP contribution in [-0.4, -0.2) is 43.0 Å². The number of carbonyl (C=O) groups excluding carboxylic acids is 1. The number of hydrogen-bond acceptors (Lipinski definition) is 4. The third-order valence-electron chi connectivity index (χ3n) is 4.32. The third kappa shape index (κ3) is 2.82. The molecule has 0 bridgehead atoms. The number of nitrogens with zero attached hydrogens (tertiary/aromatic N) is 2. The van der Waals surface area contributed by atoms with Gasteiger partial charge in [0.25, 0.3) is 5.91 Å². The molecule has 1 heterocycles. The number of amides is 1. The number of hydrogen-bond donors (Lipinski definition) is 2. The van der Waals surface area contributed by atoms with Gasteiger partial charge in [0.2, 0.25) is 10.0 Å². The number of aromatic amines is 1. The zero-order valence-corrected chi connectivity index (χ0v) is 12.8. The first-order chi connectivity index (χ1) is 9.88. The Kier molecular flexibility index (Phi) is 3.53. The lowest BCUT2D eigenvalue weighted by molar-refractivity contribution is 0.0735. The molecule has 0 saturated heterocycles. The van der Waals surface area contributed by atoms with Crippen LogP contribution in [0.1, 0.15) is 54.2 Å². The molecule has 0 spiro atoms. The summed E-state index contributed by atoms with van der Waals surface area (Å²) in [5, 5.41) is 11.9. The van der Waals surface area contributed by atoms with Gasteiger partial charge in [-0.25, -0.2) is 13.6 Å². The molecule has 2 aliphatic rings. The molecule has 8 heteroatoms. The fraction of sp³-hybridized carbons (Fsp3) is 0.692. The summed E-state index contributed by atoms with van der Waals surface area (Å²) in [6, 6.07) is 0. The van der Waals surface area contributed by atoms with Gasteiger partial charge in [-0.05, 0) is 31.6 Å². The fourth-order valence-corrected chi connectivity index (χ4v) is 3.67. The monoisotopic (exact) mass is 312 g/mol. The van der Waals surface area contributed by atoms with E-state index in [-0.39, 0.29) is 22.4 Å². The van der Waals surface area contributed by atoms with Gasteiger partial charge < -0.3 is 4.90 Å². The van der Waals surface area contributed by atoms with E-state index < -0.39 is 10.0 Å². The van der Waals surface area contributed by atoms with Crippen LogP contribution in [-0.2, 0) is 10.0 Å². The summed E-state index contributed by atoms with van der Waals surface area (Å²) in [6.45, 7) is 0.633. The summed E-state index contributed by atoms with van der Waals surface area (Å²) in [5.74, 6) is 0.261. The summed E-state index contributed by atoms with van der Waals surface area (Å²) in [5.41, 5.74) is 0.416. The second-order valence-electron chi connectivity index (χ2n) is 6.12. The number of H-pyrrole nitrogens is 1. The van der Waals surface area contributed by atoms with Crippen LogP contribution < -0.4 is 5.14 Å². The maximum absolute atomic E-state index is 12.5. The number of aromatic nitrogens is 2. The van der Waals surface area contributed by atoms with Gasteiger partial charge in [0.1, 0.15) is 4.90 Å². The minimum absolute atomic E-state index is 0.0683. The maximum Gasteiger partial charge on any atom is 0.275 e. The van der Waals surface area contributed by atoms with Crippen molar-refractivity contribution >= 4 is 15.9 Å². The number of primary sulfonamides is 1. The summed E-state index contributed by atoms with van der Waals surface area (Å²) < 4.78 is 23.7. The molecule has 0 radical (unpaired) electrons. The summed E-state index contributed by atoms with van der Waals surface area (Å²) >= 11 is 0. The molecule has 0 atom stereocenters. The molecular weight excluding hydrogens is 292 g/mol. The average molecular weight is 312 g/mol. The highest BCUT2D eigenvalue weighted by Crippen LogP contribution is 2.42. The van der Waals surface area contributed by atoms with Crippen molar-refractivity contribution in [2.24, 2.45) is 11.1 Å². The topological polar surface area (TPSA) is 109 Å². The first-order valence-corrected chi connectivity index (χ1v) is 8.79. The van der Waals surface area contributed by atoms with E-state index in [2.05, 4.69) is 10.2 Å². The van der Waals surface area contributed by atoms with Crippen molar-refractivity contribution < 1.29 is 13.2 Å². The predicted molar refractivity (Wildman–Crippen MR) is 76.2 cm³/mol. The molecule has 0 aromatic carbocycles. The van der Waals surface area contributed by atoms with Crippen LogP contribution in [0.15, 0.2) is 4.90 Å². The molecule has 2 aliphatic carbocycles. The van der Waals surface area contributed by atoms with E-state index in [4.69, 9.17) is 5.14 Å². The predicted octanol–water partition coefficient (Wildman–Crippen LogP) is 0.807. The molecule has 1 aromatic rings. The Morgan fingerprint density at radius 2 is 2.05 bits per heavy atom. The fourth-order valence-electron chi connectivity index (χ4n) is 2.75. The zero-order chi connectivity index (χ0) is 15.2. The van der Waals surface area contributed by atoms with E-state index in [1.165, 1.54) is 6.42 Å². The van der Waals surface area contributed by atoms with Gasteiger partial charge in [0.05, 0.1) is 5.69 Å². The Labute approximate surface area is 123 Å². The molecule has 3 N–H and O–H groups in total. The number of rotatable bonds is 5. The second-order valence-corrected chi connectivity index (χ2v) is 7.62. The maximum atomic E-state index is 12.5. The summed E-state index contributed by atoms with van der Waals surface area (Å²) in [6.07, 6.45) is 5.23. The van der Waals surface area contributed by atoms with Crippen LogP contribution in [0, 0.1) is 5.92 Å². The van der Waals surface area contributed by atoms with E-state index >= 15 is 0 Å². The van der Waals surface area contributed by atoms with E-state index in [0.717, 1.165) is 25.7 Å². The second kappa shape index (κ2) is 5.10. The van der Waals surface area contributed by atoms with Gasteiger partial charge in [0.15, 0.2) is 5.69 Å². The van der Waals surface area contributed by atoms with Gasteiger partial charge in [-0.2, -0.15) is 5.10 Å². The minimum atomic E-state index is -3.97. The van der Waals surface area contributed by atoms with E-state index in [0.29, 0.717) is 18.2 Å². The lowest BCUT2D eigenvalue weighted by Gasteiger charge is -2.29. The van der Waals surface area contributed by atoms with Crippen molar-refractivity contribution in [2.45, 2.75) is 42.9 Å². The summed E-state index contributed by atoms with van der Waals surface area (Å²) in [4.78, 5) is 13.9. The van der Waals surface area contributed by atoms with Crippen LogP contribution in [0.3, 0.4) is 0 Å². The van der Waals surface area contributed by atoms with Crippen LogP contribution in [0.2, 0.25) is 0 Å². The SMILES string of the molecule is CN(CC1CCC1)C(=O)c1n[nH]c(C2CC2)c1S(N)(=O)=O. The Morgan fingerprint density at radius 1 is 1.38 bits per heavy atom. The molecule has 1 amide bonds. The smallest absolute Gasteiger partial charge is 0.275 e. The molecule has 0 unspecified atom stereocenters. The Hall–Kier alpha value is -1.41. The molecule has 7 nitrogen and oxygen atoms in total. The highest BCUT2D eigenvalue weighted by atomic mass is 32.2. The Bertz CT molecular complexity index is 659. The lowest BCUT2D eigenvalue weighted by Crippen LogP contribution is -2.35. The van der Waals surface area contributed by atoms with Gasteiger partial charge in [-0.3, -0.25) is 9.89 Å². The van der Waals surface area contributed by atoms with E-state index in [1.54, 1.807) is 11.9 Å². The Balaban J connectivity index is 1.88. The van der Waals surface area contributed by atoms with Crippen molar-refractivity contribution in [2.75, 3.05) is 13.6 Å². The van der Waals surface area contributed by atoms with Gasteiger partial charge in [0, 0.05) is 19.5 Å². The molecule has 2 fully saturated rings. The van der Waals surface area contributed by atoms with Crippen molar-refractivity contribution in [1.82, 2.24) is 15.1 Å². The van der Waals surface area contributed by atoms with E-state index in [1.807, 2.05) is 0 Å². The molecule has 0 aliphatic heterocycles. The largest absolute Gasteiger partial charge is 0.340 e. The van der Waals surface area contributed by atoms with Crippen molar-refractivity contribution in [1.29, 1.82) is 0 Å². The van der Waals surface area contributed by atoms with Crippen molar-refractivity contribution in [3.8, 4) is 0 Å². The Morgan fingerprint density at radius 3 is 2.52 bits per heavy atom. The molecule has 21 heavy (non-hydrogen) atoms. The van der Waals surface area contributed by atoms with Crippen LogP contribution in [0.4, 0.5) is 0 Å². The highest BCUT2D eigenvalue weighted by Gasteiger charge is 2.36. The van der Waals surface area contributed by atoms with E-state index in [9.17, 15) is 13.2 Å². The molecular formula is C13H20N4O3S. The van der Waals surface area contributed by atoms with Crippen LogP contribution >= 0.6 is 0 Å². The first kappa shape index (κ1) is 14.5. The number of sulfonamides is 1. The van der Waals surface area contributed by atoms with Gasteiger partial charge in [-0.1, -0.05) is 6.42 Å². The number of nitrogens with one attached hydrogen (secondary N) is 1. The molecule has 3 rings (SSSR count). The molecule has 1 aromatic heterocycles. The number of carbonyl (C=O) groups is 1. The lowest BCUT2D eigenvalue weighted by atomic mass is 9.85. The standard InChI is InChI=1S/C13H20N4O3S/c1-17(7-8-3-2-4-8)13(18)11-12(21(14,19)20)10(15-16-11)9-5-6-9/h8-9H,2-7H2,1H3,(H,15,16)(H2,14,19,20). The minimum Gasteiger partial charge on any atom is -0.340 e. The van der Waals surface area contributed by atoms with Crippen molar-refractivity contribution in [3.63, 3.8) is 0 Å². The average Bonchev–Trinajstić information content (AvgIpc) is 3.09. The zero-order valence-electron chi connectivity index (χ0n) is 12.0. The molecule has 2 saturated carbocycles. The van der Waals surface area contributed by atoms with Crippen molar-refractivity contribution in [3.05, 3.63) is 11.4 Å². The summed E-state index contributed by atoms with van der Waals surface area (Å²) in [7, 11) is -2.29. The van der Waals surface area contributed by atoms with Crippen LogP contribution in [0.25, 0.3) is 0 Å². The number of nitrogens with two attached hydrogens (primary N) is 1.